The number of aromatic nitrogens is 1. The predicted octanol–water partition coefficient (Wildman–Crippen LogP) is 5.49. The highest BCUT2D eigenvalue weighted by Crippen LogP contribution is 2.29. The number of hydrogen-bond acceptors (Lipinski definition) is 4. The van der Waals surface area contributed by atoms with Gasteiger partial charge in [0.05, 0.1) is 5.69 Å². The maximum atomic E-state index is 12.2. The molecule has 0 saturated carbocycles. The lowest BCUT2D eigenvalue weighted by atomic mass is 10.1. The molecule has 0 spiro atoms. The number of carbonyl (C=O) groups excluding carboxylic acids is 1. The van der Waals surface area contributed by atoms with Gasteiger partial charge in [-0.15, -0.1) is 11.3 Å². The summed E-state index contributed by atoms with van der Waals surface area (Å²) >= 11 is 1.60. The third kappa shape index (κ3) is 4.45. The Morgan fingerprint density at radius 3 is 2.39 bits per heavy atom. The summed E-state index contributed by atoms with van der Waals surface area (Å²) in [6.45, 7) is -0.0386. The van der Waals surface area contributed by atoms with Gasteiger partial charge in [0.15, 0.2) is 6.61 Å². The van der Waals surface area contributed by atoms with Crippen LogP contribution in [0.25, 0.3) is 21.8 Å². The van der Waals surface area contributed by atoms with E-state index in [2.05, 4.69) is 5.32 Å². The van der Waals surface area contributed by atoms with Crippen LogP contribution in [0.5, 0.6) is 5.75 Å². The molecule has 1 N–H and O–H groups in total. The highest BCUT2D eigenvalue weighted by molar-refractivity contribution is 7.13. The smallest absolute Gasteiger partial charge is 0.262 e. The standard InChI is InChI=1S/C23H18N2O2S/c26-22(15-27-20-12-5-2-6-13-20)24-19-11-7-10-18(14-19)21-16-28-23(25-21)17-8-3-1-4-9-17/h1-14,16H,15H2,(H,24,26). The van der Waals surface area contributed by atoms with E-state index in [-0.39, 0.29) is 12.5 Å². The molecule has 3 aromatic carbocycles. The lowest BCUT2D eigenvalue weighted by Gasteiger charge is -2.08. The fourth-order valence-electron chi connectivity index (χ4n) is 2.74. The Bertz CT molecular complexity index is 1060. The normalized spacial score (nSPS) is 10.4. The first kappa shape index (κ1) is 17.9. The van der Waals surface area contributed by atoms with Gasteiger partial charge in [-0.3, -0.25) is 4.79 Å². The van der Waals surface area contributed by atoms with Gasteiger partial charge in [-0.1, -0.05) is 60.7 Å². The summed E-state index contributed by atoms with van der Waals surface area (Å²) in [5.74, 6) is 0.464. The molecule has 0 atom stereocenters. The SMILES string of the molecule is O=C(COc1ccccc1)Nc1cccc(-c2csc(-c3ccccc3)n2)c1. The van der Waals surface area contributed by atoms with Gasteiger partial charge in [0.2, 0.25) is 0 Å². The van der Waals surface area contributed by atoms with E-state index in [0.29, 0.717) is 11.4 Å². The second-order valence-corrected chi connectivity index (χ2v) is 6.99. The highest BCUT2D eigenvalue weighted by atomic mass is 32.1. The van der Waals surface area contributed by atoms with E-state index >= 15 is 0 Å². The van der Waals surface area contributed by atoms with Crippen LogP contribution in [0, 0.1) is 0 Å². The first-order valence-electron chi connectivity index (χ1n) is 8.87. The molecule has 4 rings (SSSR count). The average molecular weight is 386 g/mol. The molecule has 0 unspecified atom stereocenters. The number of anilines is 1. The van der Waals surface area contributed by atoms with E-state index in [4.69, 9.17) is 9.72 Å². The van der Waals surface area contributed by atoms with E-state index in [9.17, 15) is 4.79 Å². The van der Waals surface area contributed by atoms with E-state index in [1.54, 1.807) is 11.3 Å². The minimum atomic E-state index is -0.204. The van der Waals surface area contributed by atoms with Crippen molar-refractivity contribution < 1.29 is 9.53 Å². The Kier molecular flexibility index (Phi) is 5.45. The van der Waals surface area contributed by atoms with Gasteiger partial charge >= 0.3 is 0 Å². The summed E-state index contributed by atoms with van der Waals surface area (Å²) < 4.78 is 5.48. The molecular formula is C23H18N2O2S. The van der Waals surface area contributed by atoms with Crippen LogP contribution in [0.1, 0.15) is 0 Å². The van der Waals surface area contributed by atoms with Crippen LogP contribution >= 0.6 is 11.3 Å². The van der Waals surface area contributed by atoms with Gasteiger partial charge in [0, 0.05) is 22.2 Å². The molecule has 4 aromatic rings. The maximum Gasteiger partial charge on any atom is 0.262 e. The van der Waals surface area contributed by atoms with Crippen LogP contribution in [0.15, 0.2) is 90.3 Å². The monoisotopic (exact) mass is 386 g/mol. The third-order valence-corrected chi connectivity index (χ3v) is 4.97. The second kappa shape index (κ2) is 8.50. The minimum Gasteiger partial charge on any atom is -0.484 e. The third-order valence-electron chi connectivity index (χ3n) is 4.08. The second-order valence-electron chi connectivity index (χ2n) is 6.13. The molecule has 0 aliphatic heterocycles. The van der Waals surface area contributed by atoms with Crippen molar-refractivity contribution in [3.05, 3.63) is 90.3 Å². The zero-order valence-corrected chi connectivity index (χ0v) is 15.9. The van der Waals surface area contributed by atoms with Crippen molar-refractivity contribution >= 4 is 22.9 Å². The molecule has 0 fully saturated rings. The summed E-state index contributed by atoms with van der Waals surface area (Å²) in [6.07, 6.45) is 0. The fourth-order valence-corrected chi connectivity index (χ4v) is 3.57. The number of ether oxygens (including phenoxy) is 1. The molecule has 1 amide bonds. The number of rotatable bonds is 6. The maximum absolute atomic E-state index is 12.2. The molecule has 4 nitrogen and oxygen atoms in total. The number of carbonyl (C=O) groups is 1. The van der Waals surface area contributed by atoms with Crippen LogP contribution in [-0.2, 0) is 4.79 Å². The van der Waals surface area contributed by atoms with Crippen LogP contribution in [0.3, 0.4) is 0 Å². The van der Waals surface area contributed by atoms with Crippen LogP contribution in [0.2, 0.25) is 0 Å². The van der Waals surface area contributed by atoms with Crippen LogP contribution in [0.4, 0.5) is 5.69 Å². The molecule has 28 heavy (non-hydrogen) atoms. The molecule has 0 aliphatic carbocycles. The van der Waals surface area contributed by atoms with Crippen LogP contribution < -0.4 is 10.1 Å². The van der Waals surface area contributed by atoms with Gasteiger partial charge in [-0.05, 0) is 24.3 Å². The highest BCUT2D eigenvalue weighted by Gasteiger charge is 2.09. The van der Waals surface area contributed by atoms with E-state index < -0.39 is 0 Å². The quantitative estimate of drug-likeness (QED) is 0.476. The van der Waals surface area contributed by atoms with E-state index in [1.807, 2.05) is 90.3 Å². The molecule has 0 saturated heterocycles. The molecule has 1 aromatic heterocycles. The zero-order chi connectivity index (χ0) is 19.2. The molecule has 0 aliphatic rings. The molecule has 0 radical (unpaired) electrons. The van der Waals surface area contributed by atoms with Crippen molar-refractivity contribution in [1.29, 1.82) is 0 Å². The number of thiazole rings is 1. The van der Waals surface area contributed by atoms with E-state index in [0.717, 1.165) is 21.8 Å². The summed E-state index contributed by atoms with van der Waals surface area (Å²) in [6, 6.07) is 27.0. The number of nitrogens with one attached hydrogen (secondary N) is 1. The van der Waals surface area contributed by atoms with Crippen LogP contribution in [-0.4, -0.2) is 17.5 Å². The Balaban J connectivity index is 1.43. The number of para-hydroxylation sites is 1. The van der Waals surface area contributed by atoms with Crippen molar-refractivity contribution in [3.63, 3.8) is 0 Å². The summed E-state index contributed by atoms with van der Waals surface area (Å²) in [5, 5.41) is 5.88. The molecule has 1 heterocycles. The average Bonchev–Trinajstić information content (AvgIpc) is 3.24. The summed E-state index contributed by atoms with van der Waals surface area (Å²) in [4.78, 5) is 16.9. The van der Waals surface area contributed by atoms with Gasteiger partial charge in [-0.25, -0.2) is 4.98 Å². The fraction of sp³-hybridized carbons (Fsp3) is 0.0435. The van der Waals surface area contributed by atoms with Gasteiger partial charge in [0.25, 0.3) is 5.91 Å². The van der Waals surface area contributed by atoms with Gasteiger partial charge < -0.3 is 10.1 Å². The van der Waals surface area contributed by atoms with Crippen molar-refractivity contribution in [2.45, 2.75) is 0 Å². The number of amides is 1. The lowest BCUT2D eigenvalue weighted by molar-refractivity contribution is -0.118. The lowest BCUT2D eigenvalue weighted by Crippen LogP contribution is -2.20. The Hall–Kier alpha value is -3.44. The molecule has 138 valence electrons. The Labute approximate surface area is 167 Å². The first-order valence-corrected chi connectivity index (χ1v) is 9.75. The number of benzene rings is 3. The Morgan fingerprint density at radius 1 is 0.893 bits per heavy atom. The van der Waals surface area contributed by atoms with Gasteiger partial charge in [-0.2, -0.15) is 0 Å². The predicted molar refractivity (Wildman–Crippen MR) is 114 cm³/mol. The first-order chi connectivity index (χ1) is 13.8. The van der Waals surface area contributed by atoms with Crippen molar-refractivity contribution in [3.8, 4) is 27.6 Å². The van der Waals surface area contributed by atoms with Gasteiger partial charge in [0.1, 0.15) is 10.8 Å². The summed E-state index contributed by atoms with van der Waals surface area (Å²) in [7, 11) is 0. The molecule has 5 heteroatoms. The zero-order valence-electron chi connectivity index (χ0n) is 15.0. The minimum absolute atomic E-state index is 0.0386. The van der Waals surface area contributed by atoms with E-state index in [1.165, 1.54) is 0 Å². The number of hydrogen-bond donors (Lipinski definition) is 1. The molecule has 0 bridgehead atoms. The van der Waals surface area contributed by atoms with Crippen molar-refractivity contribution in [2.75, 3.05) is 11.9 Å². The summed E-state index contributed by atoms with van der Waals surface area (Å²) in [5.41, 5.74) is 3.66. The topological polar surface area (TPSA) is 51.2 Å². The Morgan fingerprint density at radius 2 is 1.61 bits per heavy atom. The largest absolute Gasteiger partial charge is 0.484 e. The molecular weight excluding hydrogens is 368 g/mol. The van der Waals surface area contributed by atoms with Crippen molar-refractivity contribution in [1.82, 2.24) is 4.98 Å². The van der Waals surface area contributed by atoms with Crippen molar-refractivity contribution in [2.24, 2.45) is 0 Å². The number of nitrogens with zero attached hydrogens (tertiary/aromatic N) is 1.